The first-order valence-electron chi connectivity index (χ1n) is 5.91. The van der Waals surface area contributed by atoms with Crippen LogP contribution in [0.3, 0.4) is 0 Å². The fourth-order valence-electron chi connectivity index (χ4n) is 1.80. The lowest BCUT2D eigenvalue weighted by Crippen LogP contribution is -2.02. The molecule has 96 valence electrons. The molecule has 0 aliphatic rings. The van der Waals surface area contributed by atoms with Gasteiger partial charge in [0.1, 0.15) is 17.1 Å². The van der Waals surface area contributed by atoms with Crippen molar-refractivity contribution in [2.75, 3.05) is 0 Å². The third-order valence-electron chi connectivity index (χ3n) is 2.65. The van der Waals surface area contributed by atoms with Gasteiger partial charge >= 0.3 is 5.97 Å². The number of ether oxygens (including phenoxy) is 1. The molecule has 2 rings (SSSR count). The van der Waals surface area contributed by atoms with Gasteiger partial charge in [-0.25, -0.2) is 4.79 Å². The number of hydrogen-bond donors (Lipinski definition) is 1. The van der Waals surface area contributed by atoms with Crippen LogP contribution in [0.5, 0.6) is 11.5 Å². The van der Waals surface area contributed by atoms with Crippen molar-refractivity contribution in [3.63, 3.8) is 0 Å². The predicted octanol–water partition coefficient (Wildman–Crippen LogP) is 3.91. The van der Waals surface area contributed by atoms with Crippen molar-refractivity contribution < 1.29 is 14.6 Å². The Kier molecular flexibility index (Phi) is 3.98. The summed E-state index contributed by atoms with van der Waals surface area (Å²) in [6.45, 7) is 3.68. The molecule has 0 aliphatic carbocycles. The highest BCUT2D eigenvalue weighted by atomic mass is 16.5. The lowest BCUT2D eigenvalue weighted by atomic mass is 10.1. The highest BCUT2D eigenvalue weighted by Gasteiger charge is 2.15. The van der Waals surface area contributed by atoms with E-state index in [-0.39, 0.29) is 5.56 Å². The van der Waals surface area contributed by atoms with Gasteiger partial charge in [0.25, 0.3) is 0 Å². The zero-order chi connectivity index (χ0) is 13.7. The van der Waals surface area contributed by atoms with Crippen LogP contribution < -0.4 is 4.74 Å². The van der Waals surface area contributed by atoms with Gasteiger partial charge in [-0.2, -0.15) is 0 Å². The molecule has 0 unspecified atom stereocenters. The smallest absolute Gasteiger partial charge is 0.339 e. The molecule has 0 fully saturated rings. The molecule has 0 saturated heterocycles. The van der Waals surface area contributed by atoms with Gasteiger partial charge in [-0.15, -0.1) is 6.58 Å². The Labute approximate surface area is 111 Å². The third-order valence-corrected chi connectivity index (χ3v) is 2.65. The molecule has 0 atom stereocenters. The summed E-state index contributed by atoms with van der Waals surface area (Å²) in [4.78, 5) is 11.3. The molecule has 2 aromatic carbocycles. The maximum absolute atomic E-state index is 11.3. The van der Waals surface area contributed by atoms with Crippen LogP contribution in [-0.2, 0) is 6.42 Å². The summed E-state index contributed by atoms with van der Waals surface area (Å²) < 4.78 is 5.73. The van der Waals surface area contributed by atoms with E-state index in [1.807, 2.05) is 24.3 Å². The molecule has 0 aromatic heterocycles. The van der Waals surface area contributed by atoms with E-state index in [0.29, 0.717) is 17.9 Å². The highest BCUT2D eigenvalue weighted by Crippen LogP contribution is 2.30. The Balaban J connectivity index is 2.46. The molecule has 3 nitrogen and oxygen atoms in total. The van der Waals surface area contributed by atoms with Gasteiger partial charge in [0.05, 0.1) is 0 Å². The average Bonchev–Trinajstić information content (AvgIpc) is 2.42. The summed E-state index contributed by atoms with van der Waals surface area (Å²) in [6, 6.07) is 14.2. The maximum atomic E-state index is 11.3. The maximum Gasteiger partial charge on any atom is 0.339 e. The number of allylic oxidation sites excluding steroid dienone is 1. The molecule has 0 bridgehead atoms. The van der Waals surface area contributed by atoms with Crippen LogP contribution in [0, 0.1) is 0 Å². The number of aromatic carboxylic acids is 1. The van der Waals surface area contributed by atoms with Crippen LogP contribution in [0.15, 0.2) is 61.2 Å². The van der Waals surface area contributed by atoms with Gasteiger partial charge in [-0.3, -0.25) is 0 Å². The van der Waals surface area contributed by atoms with Crippen LogP contribution in [0.4, 0.5) is 0 Å². The van der Waals surface area contributed by atoms with E-state index in [1.54, 1.807) is 24.3 Å². The van der Waals surface area contributed by atoms with E-state index in [2.05, 4.69) is 6.58 Å². The topological polar surface area (TPSA) is 46.5 Å². The van der Waals surface area contributed by atoms with Gasteiger partial charge < -0.3 is 9.84 Å². The van der Waals surface area contributed by atoms with Gasteiger partial charge in [-0.05, 0) is 30.2 Å². The van der Waals surface area contributed by atoms with Crippen molar-refractivity contribution in [2.24, 2.45) is 0 Å². The lowest BCUT2D eigenvalue weighted by Gasteiger charge is -2.12. The van der Waals surface area contributed by atoms with E-state index in [9.17, 15) is 9.90 Å². The number of carboxylic acids is 1. The number of rotatable bonds is 5. The monoisotopic (exact) mass is 254 g/mol. The molecule has 0 saturated carbocycles. The Bertz CT molecular complexity index is 588. The molecule has 2 aromatic rings. The largest absolute Gasteiger partial charge is 0.478 e. The van der Waals surface area contributed by atoms with Crippen LogP contribution in [0.1, 0.15) is 15.9 Å². The average molecular weight is 254 g/mol. The van der Waals surface area contributed by atoms with Crippen LogP contribution >= 0.6 is 0 Å². The summed E-state index contributed by atoms with van der Waals surface area (Å²) in [5, 5.41) is 9.23. The van der Waals surface area contributed by atoms with E-state index < -0.39 is 5.97 Å². The second-order valence-corrected chi connectivity index (χ2v) is 4.01. The summed E-state index contributed by atoms with van der Waals surface area (Å²) in [6.07, 6.45) is 2.28. The minimum absolute atomic E-state index is 0.156. The molecule has 3 heteroatoms. The fourth-order valence-corrected chi connectivity index (χ4v) is 1.80. The summed E-state index contributed by atoms with van der Waals surface area (Å²) >= 11 is 0. The van der Waals surface area contributed by atoms with Crippen LogP contribution in [0.25, 0.3) is 0 Å². The zero-order valence-corrected chi connectivity index (χ0v) is 10.4. The van der Waals surface area contributed by atoms with Crippen molar-refractivity contribution in [2.45, 2.75) is 6.42 Å². The van der Waals surface area contributed by atoms with Crippen LogP contribution in [0.2, 0.25) is 0 Å². The normalized spacial score (nSPS) is 9.89. The molecule has 0 amide bonds. The van der Waals surface area contributed by atoms with E-state index in [0.717, 1.165) is 5.56 Å². The first-order valence-corrected chi connectivity index (χ1v) is 5.91. The molecule has 0 aliphatic heterocycles. The Morgan fingerprint density at radius 1 is 1.16 bits per heavy atom. The van der Waals surface area contributed by atoms with Crippen molar-refractivity contribution in [3.05, 3.63) is 72.3 Å². The first-order chi connectivity index (χ1) is 9.22. The molecule has 0 radical (unpaired) electrons. The molecular formula is C16H14O3. The van der Waals surface area contributed by atoms with Crippen molar-refractivity contribution in [1.82, 2.24) is 0 Å². The number of carbonyl (C=O) groups is 1. The number of hydrogen-bond acceptors (Lipinski definition) is 2. The molecule has 1 N–H and O–H groups in total. The van der Waals surface area contributed by atoms with Gasteiger partial charge in [-0.1, -0.05) is 36.4 Å². The molecule has 19 heavy (non-hydrogen) atoms. The standard InChI is InChI=1S/C16H14O3/c1-2-7-12-8-6-11-14(16(17)18)15(12)19-13-9-4-3-5-10-13/h2-6,8-11H,1,7H2,(H,17,18). The summed E-state index contributed by atoms with van der Waals surface area (Å²) in [5.41, 5.74) is 0.960. The summed E-state index contributed by atoms with van der Waals surface area (Å²) in [5.74, 6) is -0.0144. The minimum atomic E-state index is -1.00. The molecule has 0 heterocycles. The first kappa shape index (κ1) is 12.9. The quantitative estimate of drug-likeness (QED) is 0.823. The zero-order valence-electron chi connectivity index (χ0n) is 10.4. The number of carboxylic acid groups (broad SMARTS) is 1. The van der Waals surface area contributed by atoms with Gasteiger partial charge in [0.15, 0.2) is 0 Å². The van der Waals surface area contributed by atoms with Crippen molar-refractivity contribution in [3.8, 4) is 11.5 Å². The van der Waals surface area contributed by atoms with E-state index >= 15 is 0 Å². The minimum Gasteiger partial charge on any atom is -0.478 e. The third kappa shape index (κ3) is 3.01. The number of para-hydroxylation sites is 2. The van der Waals surface area contributed by atoms with Gasteiger partial charge in [0, 0.05) is 0 Å². The molecular weight excluding hydrogens is 240 g/mol. The van der Waals surface area contributed by atoms with E-state index in [4.69, 9.17) is 4.74 Å². The van der Waals surface area contributed by atoms with Crippen molar-refractivity contribution in [1.29, 1.82) is 0 Å². The fraction of sp³-hybridized carbons (Fsp3) is 0.0625. The summed E-state index contributed by atoms with van der Waals surface area (Å²) in [7, 11) is 0. The van der Waals surface area contributed by atoms with Crippen molar-refractivity contribution >= 4 is 5.97 Å². The Hall–Kier alpha value is -2.55. The van der Waals surface area contributed by atoms with Crippen LogP contribution in [-0.4, -0.2) is 11.1 Å². The Morgan fingerprint density at radius 2 is 1.89 bits per heavy atom. The molecule has 0 spiro atoms. The second kappa shape index (κ2) is 5.87. The second-order valence-electron chi connectivity index (χ2n) is 4.01. The van der Waals surface area contributed by atoms with Gasteiger partial charge in [0.2, 0.25) is 0 Å². The SMILES string of the molecule is C=CCc1cccc(C(=O)O)c1Oc1ccccc1. The number of benzene rings is 2. The predicted molar refractivity (Wildman–Crippen MR) is 73.8 cm³/mol. The Morgan fingerprint density at radius 3 is 2.53 bits per heavy atom. The lowest BCUT2D eigenvalue weighted by molar-refractivity contribution is 0.0694. The van der Waals surface area contributed by atoms with E-state index in [1.165, 1.54) is 6.07 Å². The highest BCUT2D eigenvalue weighted by molar-refractivity contribution is 5.91.